The van der Waals surface area contributed by atoms with E-state index in [9.17, 15) is 20.0 Å². The largest absolute Gasteiger partial charge is 0.443 e. The number of carbonyl (C=O) groups excluding carboxylic acids is 2. The van der Waals surface area contributed by atoms with Gasteiger partial charge in [0.25, 0.3) is 11.9 Å². The number of rotatable bonds is 4. The Morgan fingerprint density at radius 3 is 2.14 bits per heavy atom. The number of benzene rings is 4. The summed E-state index contributed by atoms with van der Waals surface area (Å²) in [7, 11) is 0. The molecule has 8 heteroatoms. The molecule has 4 aromatic rings. The van der Waals surface area contributed by atoms with E-state index >= 15 is 4.79 Å². The van der Waals surface area contributed by atoms with Gasteiger partial charge in [0.1, 0.15) is 17.1 Å². The highest BCUT2D eigenvalue weighted by Crippen LogP contribution is 2.60. The van der Waals surface area contributed by atoms with E-state index in [0.717, 1.165) is 21.6 Å². The molecule has 1 aliphatic heterocycles. The average Bonchev–Trinajstić information content (AvgIpc) is 3.41. The second-order valence-electron chi connectivity index (χ2n) is 12.2. The molecule has 8 nitrogen and oxygen atoms in total. The number of aliphatic hydroxyl groups is 1. The first-order valence-electron chi connectivity index (χ1n) is 14.2. The quantitative estimate of drug-likeness (QED) is 0.214. The maximum atomic E-state index is 15.1. The highest BCUT2D eigenvalue weighted by Gasteiger charge is 2.67. The van der Waals surface area contributed by atoms with Crippen LogP contribution in [-0.4, -0.2) is 33.7 Å². The molecule has 0 bridgehead atoms. The van der Waals surface area contributed by atoms with E-state index in [1.54, 1.807) is 69.3 Å². The summed E-state index contributed by atoms with van der Waals surface area (Å²) in [4.78, 5) is 42.1. The fourth-order valence-corrected chi connectivity index (χ4v) is 6.71. The van der Waals surface area contributed by atoms with Crippen LogP contribution in [0.15, 0.2) is 97.1 Å². The van der Waals surface area contributed by atoms with E-state index in [-0.39, 0.29) is 0 Å². The number of ether oxygens (including phenoxy) is 1. The number of nitro groups is 1. The van der Waals surface area contributed by atoms with Crippen LogP contribution in [0.4, 0.5) is 10.5 Å². The number of imide groups is 1. The van der Waals surface area contributed by atoms with Crippen LogP contribution < -0.4 is 4.90 Å². The van der Waals surface area contributed by atoms with E-state index in [1.807, 2.05) is 55.5 Å². The first kappa shape index (κ1) is 28.3. The van der Waals surface area contributed by atoms with Gasteiger partial charge < -0.3 is 9.84 Å². The summed E-state index contributed by atoms with van der Waals surface area (Å²) >= 11 is 0. The third-order valence-electron chi connectivity index (χ3n) is 8.41. The molecule has 0 aromatic heterocycles. The van der Waals surface area contributed by atoms with Crippen LogP contribution in [0.1, 0.15) is 60.6 Å². The molecule has 4 aromatic carbocycles. The monoisotopic (exact) mass is 576 g/mol. The number of aryl methyl sites for hydroxylation is 1. The Labute approximate surface area is 249 Å². The molecule has 0 saturated carbocycles. The lowest BCUT2D eigenvalue weighted by Crippen LogP contribution is -2.51. The zero-order chi connectivity index (χ0) is 30.7. The third kappa shape index (κ3) is 4.41. The van der Waals surface area contributed by atoms with E-state index in [4.69, 9.17) is 4.74 Å². The second-order valence-corrected chi connectivity index (χ2v) is 12.2. The van der Waals surface area contributed by atoms with Crippen molar-refractivity contribution in [2.75, 3.05) is 4.90 Å². The Kier molecular flexibility index (Phi) is 6.69. The van der Waals surface area contributed by atoms with Crippen molar-refractivity contribution in [3.8, 4) is 11.1 Å². The fraction of sp³-hybridized carbons (Fsp3) is 0.257. The maximum absolute atomic E-state index is 15.1. The van der Waals surface area contributed by atoms with Crippen LogP contribution in [-0.2, 0) is 14.9 Å². The van der Waals surface area contributed by atoms with Crippen molar-refractivity contribution in [2.24, 2.45) is 0 Å². The standard InChI is InChI=1S/C35H32N2O6/c1-21-14-19-28-27(20-21)35(32(39)36(28)33(40)43-34(2,3)4,24-17-15-23(16-18-24)22-10-6-5-7-11-22)29-25-12-8-9-13-26(25)31(38)30(29)37(41)42/h5-20,29-31,38H,1-4H3/t29-,30-,31+,35+/m0/s1. The van der Waals surface area contributed by atoms with Crippen molar-refractivity contribution in [3.05, 3.63) is 135 Å². The van der Waals surface area contributed by atoms with Crippen LogP contribution in [0.5, 0.6) is 0 Å². The lowest BCUT2D eigenvalue weighted by molar-refractivity contribution is -0.538. The molecule has 2 aliphatic rings. The molecule has 2 amide bonds. The molecule has 1 aliphatic carbocycles. The summed E-state index contributed by atoms with van der Waals surface area (Å²) in [6.07, 6.45) is -2.32. The van der Waals surface area contributed by atoms with Crippen molar-refractivity contribution < 1.29 is 24.4 Å². The van der Waals surface area contributed by atoms with Gasteiger partial charge in [0.15, 0.2) is 0 Å². The number of fused-ring (bicyclic) bond motifs is 2. The second kappa shape index (κ2) is 10.2. The summed E-state index contributed by atoms with van der Waals surface area (Å²) < 4.78 is 5.70. The summed E-state index contributed by atoms with van der Waals surface area (Å²) in [6.45, 7) is 7.00. The first-order valence-corrected chi connectivity index (χ1v) is 14.2. The highest BCUT2D eigenvalue weighted by atomic mass is 16.6. The van der Waals surface area contributed by atoms with Gasteiger partial charge in [-0.15, -0.1) is 0 Å². The van der Waals surface area contributed by atoms with Crippen LogP contribution in [0, 0.1) is 17.0 Å². The van der Waals surface area contributed by atoms with Gasteiger partial charge in [-0.1, -0.05) is 96.6 Å². The minimum atomic E-state index is -1.72. The van der Waals surface area contributed by atoms with Crippen LogP contribution in [0.2, 0.25) is 0 Å². The minimum Gasteiger partial charge on any atom is -0.443 e. The number of hydrogen-bond donors (Lipinski definition) is 1. The molecule has 1 heterocycles. The number of nitrogens with zero attached hydrogens (tertiary/aromatic N) is 2. The Morgan fingerprint density at radius 1 is 0.907 bits per heavy atom. The topological polar surface area (TPSA) is 110 Å². The minimum absolute atomic E-state index is 0.304. The molecule has 0 saturated heterocycles. The van der Waals surface area contributed by atoms with Crippen molar-refractivity contribution >= 4 is 17.7 Å². The Balaban J connectivity index is 1.67. The molecule has 0 radical (unpaired) electrons. The number of anilines is 1. The van der Waals surface area contributed by atoms with Crippen LogP contribution in [0.25, 0.3) is 11.1 Å². The highest BCUT2D eigenvalue weighted by molar-refractivity contribution is 6.23. The van der Waals surface area contributed by atoms with Gasteiger partial charge >= 0.3 is 6.09 Å². The van der Waals surface area contributed by atoms with Crippen LogP contribution in [0.3, 0.4) is 0 Å². The number of amides is 2. The van der Waals surface area contributed by atoms with Gasteiger partial charge in [0.05, 0.1) is 11.6 Å². The predicted octanol–water partition coefficient (Wildman–Crippen LogP) is 6.71. The van der Waals surface area contributed by atoms with Gasteiger partial charge in [0.2, 0.25) is 0 Å². The first-order chi connectivity index (χ1) is 20.4. The summed E-state index contributed by atoms with van der Waals surface area (Å²) in [5.41, 5.74) is 2.19. The van der Waals surface area contributed by atoms with Gasteiger partial charge in [0, 0.05) is 4.92 Å². The van der Waals surface area contributed by atoms with E-state index in [0.29, 0.717) is 27.9 Å². The Bertz CT molecular complexity index is 1740. The molecule has 0 unspecified atom stereocenters. The molecule has 6 rings (SSSR count). The molecule has 218 valence electrons. The maximum Gasteiger partial charge on any atom is 0.421 e. The van der Waals surface area contributed by atoms with Gasteiger partial charge in [-0.2, -0.15) is 0 Å². The summed E-state index contributed by atoms with van der Waals surface area (Å²) in [6, 6.07) is 27.7. The van der Waals surface area contributed by atoms with E-state index in [2.05, 4.69) is 0 Å². The third-order valence-corrected chi connectivity index (χ3v) is 8.41. The van der Waals surface area contributed by atoms with Crippen molar-refractivity contribution in [3.63, 3.8) is 0 Å². The Hall–Kier alpha value is -4.82. The molecule has 4 atom stereocenters. The Morgan fingerprint density at radius 2 is 1.51 bits per heavy atom. The zero-order valence-corrected chi connectivity index (χ0v) is 24.4. The lowest BCUT2D eigenvalue weighted by atomic mass is 9.63. The smallest absolute Gasteiger partial charge is 0.421 e. The summed E-state index contributed by atoms with van der Waals surface area (Å²) in [5, 5.41) is 24.1. The van der Waals surface area contributed by atoms with Crippen molar-refractivity contribution in [2.45, 2.75) is 56.8 Å². The molecule has 0 fully saturated rings. The lowest BCUT2D eigenvalue weighted by Gasteiger charge is -2.36. The van der Waals surface area contributed by atoms with Gasteiger partial charge in [-0.25, -0.2) is 9.69 Å². The SMILES string of the molecule is Cc1ccc2c(c1)[C@](c1ccc(-c3ccccc3)cc1)([C@H]1c3ccccc3[C@@H](O)[C@H]1[N+](=O)[O-])C(=O)N2C(=O)OC(C)(C)C. The van der Waals surface area contributed by atoms with Gasteiger partial charge in [-0.05, 0) is 67.1 Å². The fourth-order valence-electron chi connectivity index (χ4n) is 6.71. The molecular formula is C35H32N2O6. The van der Waals surface area contributed by atoms with Crippen molar-refractivity contribution in [1.29, 1.82) is 0 Å². The number of carbonyl (C=O) groups is 2. The summed E-state index contributed by atoms with van der Waals surface area (Å²) in [5.74, 6) is -1.78. The van der Waals surface area contributed by atoms with Crippen LogP contribution >= 0.6 is 0 Å². The normalized spacial score (nSPS) is 22.7. The molecule has 43 heavy (non-hydrogen) atoms. The zero-order valence-electron chi connectivity index (χ0n) is 24.4. The predicted molar refractivity (Wildman–Crippen MR) is 162 cm³/mol. The van der Waals surface area contributed by atoms with E-state index < -0.39 is 46.0 Å². The number of aliphatic hydroxyl groups excluding tert-OH is 1. The molecule has 1 N–H and O–H groups in total. The molecular weight excluding hydrogens is 544 g/mol. The average molecular weight is 577 g/mol. The molecule has 0 spiro atoms. The van der Waals surface area contributed by atoms with Crippen molar-refractivity contribution in [1.82, 2.24) is 0 Å². The van der Waals surface area contributed by atoms with Gasteiger partial charge in [-0.3, -0.25) is 14.9 Å². The number of hydrogen-bond acceptors (Lipinski definition) is 6. The van der Waals surface area contributed by atoms with E-state index in [1.165, 1.54) is 0 Å².